The van der Waals surface area contributed by atoms with Crippen LogP contribution < -0.4 is 20.7 Å². The van der Waals surface area contributed by atoms with E-state index in [0.29, 0.717) is 24.9 Å². The molecule has 148 valence electrons. The van der Waals surface area contributed by atoms with Crippen molar-refractivity contribution in [2.45, 2.75) is 38.9 Å². The fourth-order valence-electron chi connectivity index (χ4n) is 2.78. The van der Waals surface area contributed by atoms with Gasteiger partial charge in [-0.25, -0.2) is 0 Å². The predicted molar refractivity (Wildman–Crippen MR) is 111 cm³/mol. The number of carbonyl (C=O) groups excluding carboxylic acids is 1. The van der Waals surface area contributed by atoms with Crippen molar-refractivity contribution >= 4 is 11.9 Å². The zero-order valence-corrected chi connectivity index (χ0v) is 16.5. The molecular weight excluding hydrogens is 352 g/mol. The van der Waals surface area contributed by atoms with Gasteiger partial charge in [-0.1, -0.05) is 36.4 Å². The van der Waals surface area contributed by atoms with E-state index in [9.17, 15) is 4.79 Å². The van der Waals surface area contributed by atoms with Crippen LogP contribution in [0.25, 0.3) is 0 Å². The predicted octanol–water partition coefficient (Wildman–Crippen LogP) is 2.52. The number of nitrogens with one attached hydrogen (secondary N) is 3. The Hall–Kier alpha value is -3.02. The number of aryl methyl sites for hydroxylation is 1. The normalized spacial score (nSPS) is 13.7. The lowest BCUT2D eigenvalue weighted by Gasteiger charge is -2.14. The average Bonchev–Trinajstić information content (AvgIpc) is 3.52. The Morgan fingerprint density at radius 3 is 2.64 bits per heavy atom. The maximum atomic E-state index is 11.7. The lowest BCUT2D eigenvalue weighted by Crippen LogP contribution is -2.36. The Bertz CT molecular complexity index is 831. The molecule has 6 heteroatoms. The Morgan fingerprint density at radius 2 is 1.89 bits per heavy atom. The van der Waals surface area contributed by atoms with Crippen LogP contribution in [0.4, 0.5) is 0 Å². The van der Waals surface area contributed by atoms with E-state index in [4.69, 9.17) is 4.74 Å². The van der Waals surface area contributed by atoms with E-state index in [0.717, 1.165) is 24.4 Å². The van der Waals surface area contributed by atoms with Crippen molar-refractivity contribution in [3.05, 3.63) is 65.2 Å². The van der Waals surface area contributed by atoms with Crippen LogP contribution >= 0.6 is 0 Å². The highest BCUT2D eigenvalue weighted by atomic mass is 16.5. The Balaban J connectivity index is 1.46. The zero-order chi connectivity index (χ0) is 19.8. The van der Waals surface area contributed by atoms with Gasteiger partial charge in [0.1, 0.15) is 5.75 Å². The molecule has 0 atom stereocenters. The number of carbonyl (C=O) groups is 1. The van der Waals surface area contributed by atoms with Crippen molar-refractivity contribution in [3.8, 4) is 5.75 Å². The fraction of sp³-hybridized carbons (Fsp3) is 0.364. The van der Waals surface area contributed by atoms with Crippen LogP contribution in [0, 0.1) is 6.92 Å². The van der Waals surface area contributed by atoms with Crippen LogP contribution in [-0.2, 0) is 17.9 Å². The van der Waals surface area contributed by atoms with Crippen molar-refractivity contribution in [3.63, 3.8) is 0 Å². The molecule has 1 aliphatic carbocycles. The number of nitrogens with zero attached hydrogens (tertiary/aromatic N) is 1. The van der Waals surface area contributed by atoms with Crippen LogP contribution in [-0.4, -0.2) is 31.6 Å². The third kappa shape index (κ3) is 6.30. The SMILES string of the molecule is CN=C(NCc1cccc(OCC(=O)NC2CC2)c1)NCc1ccccc1C. The molecular formula is C22H28N4O2. The van der Waals surface area contributed by atoms with Gasteiger partial charge < -0.3 is 20.7 Å². The molecule has 2 aromatic rings. The first kappa shape index (κ1) is 19.7. The minimum Gasteiger partial charge on any atom is -0.484 e. The third-order valence-corrected chi connectivity index (χ3v) is 4.60. The minimum absolute atomic E-state index is 0.0486. The van der Waals surface area contributed by atoms with Gasteiger partial charge in [0.25, 0.3) is 5.91 Å². The monoisotopic (exact) mass is 380 g/mol. The van der Waals surface area contributed by atoms with Gasteiger partial charge in [0.15, 0.2) is 12.6 Å². The van der Waals surface area contributed by atoms with E-state index in [1.807, 2.05) is 36.4 Å². The van der Waals surface area contributed by atoms with Gasteiger partial charge in [0, 0.05) is 26.2 Å². The van der Waals surface area contributed by atoms with Crippen LogP contribution in [0.15, 0.2) is 53.5 Å². The number of ether oxygens (including phenoxy) is 1. The maximum Gasteiger partial charge on any atom is 0.258 e. The van der Waals surface area contributed by atoms with Gasteiger partial charge in [0.2, 0.25) is 0 Å². The van der Waals surface area contributed by atoms with Crippen LogP contribution in [0.2, 0.25) is 0 Å². The van der Waals surface area contributed by atoms with Crippen molar-refractivity contribution in [1.82, 2.24) is 16.0 Å². The van der Waals surface area contributed by atoms with Crippen molar-refractivity contribution in [2.75, 3.05) is 13.7 Å². The zero-order valence-electron chi connectivity index (χ0n) is 16.5. The number of rotatable bonds is 8. The summed E-state index contributed by atoms with van der Waals surface area (Å²) in [5.74, 6) is 1.36. The summed E-state index contributed by atoms with van der Waals surface area (Å²) in [5, 5.41) is 9.55. The van der Waals surface area contributed by atoms with Crippen LogP contribution in [0.1, 0.15) is 29.5 Å². The van der Waals surface area contributed by atoms with Crippen molar-refractivity contribution in [1.29, 1.82) is 0 Å². The van der Waals surface area contributed by atoms with Gasteiger partial charge in [-0.3, -0.25) is 9.79 Å². The molecule has 0 aromatic heterocycles. The van der Waals surface area contributed by atoms with Gasteiger partial charge in [0.05, 0.1) is 0 Å². The Kier molecular flexibility index (Phi) is 6.89. The summed E-state index contributed by atoms with van der Waals surface area (Å²) in [4.78, 5) is 16.0. The van der Waals surface area contributed by atoms with E-state index in [2.05, 4.69) is 40.0 Å². The van der Waals surface area contributed by atoms with Crippen LogP contribution in [0.5, 0.6) is 5.75 Å². The van der Waals surface area contributed by atoms with E-state index in [1.165, 1.54) is 11.1 Å². The molecule has 3 rings (SSSR count). The van der Waals surface area contributed by atoms with Gasteiger partial charge >= 0.3 is 0 Å². The lowest BCUT2D eigenvalue weighted by molar-refractivity contribution is -0.123. The van der Waals surface area contributed by atoms with Gasteiger partial charge in [-0.15, -0.1) is 0 Å². The second kappa shape index (κ2) is 9.78. The summed E-state index contributed by atoms with van der Waals surface area (Å²) in [6.45, 7) is 3.47. The Labute approximate surface area is 166 Å². The molecule has 0 bridgehead atoms. The summed E-state index contributed by atoms with van der Waals surface area (Å²) in [5.41, 5.74) is 3.55. The molecule has 1 saturated carbocycles. The summed E-state index contributed by atoms with van der Waals surface area (Å²) in [6.07, 6.45) is 2.15. The first-order valence-electron chi connectivity index (χ1n) is 9.64. The molecule has 0 spiro atoms. The first-order valence-corrected chi connectivity index (χ1v) is 9.64. The molecule has 0 saturated heterocycles. The van der Waals surface area contributed by atoms with E-state index >= 15 is 0 Å². The summed E-state index contributed by atoms with van der Waals surface area (Å²) < 4.78 is 5.60. The lowest BCUT2D eigenvalue weighted by atomic mass is 10.1. The molecule has 1 fully saturated rings. The quantitative estimate of drug-likeness (QED) is 0.486. The third-order valence-electron chi connectivity index (χ3n) is 4.60. The van der Waals surface area contributed by atoms with E-state index < -0.39 is 0 Å². The maximum absolute atomic E-state index is 11.7. The molecule has 1 aliphatic rings. The minimum atomic E-state index is -0.0631. The number of hydrogen-bond acceptors (Lipinski definition) is 3. The highest BCUT2D eigenvalue weighted by molar-refractivity contribution is 5.79. The number of hydrogen-bond donors (Lipinski definition) is 3. The number of guanidine groups is 1. The first-order chi connectivity index (χ1) is 13.6. The number of aliphatic imine (C=N–C) groups is 1. The van der Waals surface area contributed by atoms with Gasteiger partial charge in [-0.05, 0) is 48.6 Å². The topological polar surface area (TPSA) is 74.8 Å². The molecule has 0 aliphatic heterocycles. The van der Waals surface area contributed by atoms with Crippen molar-refractivity contribution in [2.24, 2.45) is 4.99 Å². The largest absolute Gasteiger partial charge is 0.484 e. The highest BCUT2D eigenvalue weighted by Crippen LogP contribution is 2.18. The molecule has 28 heavy (non-hydrogen) atoms. The van der Waals surface area contributed by atoms with E-state index in [1.54, 1.807) is 7.05 Å². The summed E-state index contributed by atoms with van der Waals surface area (Å²) >= 11 is 0. The second-order valence-electron chi connectivity index (χ2n) is 6.98. The van der Waals surface area contributed by atoms with E-state index in [-0.39, 0.29) is 12.5 Å². The Morgan fingerprint density at radius 1 is 1.11 bits per heavy atom. The van der Waals surface area contributed by atoms with Gasteiger partial charge in [-0.2, -0.15) is 0 Å². The summed E-state index contributed by atoms with van der Waals surface area (Å²) in [6, 6.07) is 16.4. The number of amides is 1. The molecule has 2 aromatic carbocycles. The fourth-order valence-corrected chi connectivity index (χ4v) is 2.78. The molecule has 0 heterocycles. The standard InChI is InChI=1S/C22H28N4O2/c1-16-6-3-4-8-18(16)14-25-22(23-2)24-13-17-7-5-9-20(12-17)28-15-21(27)26-19-10-11-19/h3-9,12,19H,10-11,13-15H2,1-2H3,(H,26,27)(H2,23,24,25). The molecule has 3 N–H and O–H groups in total. The molecule has 1 amide bonds. The summed E-state index contributed by atoms with van der Waals surface area (Å²) in [7, 11) is 1.76. The molecule has 6 nitrogen and oxygen atoms in total. The molecule has 0 radical (unpaired) electrons. The highest BCUT2D eigenvalue weighted by Gasteiger charge is 2.23. The average molecular weight is 380 g/mol. The molecule has 0 unspecified atom stereocenters. The number of benzene rings is 2. The second-order valence-corrected chi connectivity index (χ2v) is 6.98. The van der Waals surface area contributed by atoms with Crippen molar-refractivity contribution < 1.29 is 9.53 Å². The smallest absolute Gasteiger partial charge is 0.258 e. The van der Waals surface area contributed by atoms with Crippen LogP contribution in [0.3, 0.4) is 0 Å².